The Labute approximate surface area is 160 Å². The zero-order valence-electron chi connectivity index (χ0n) is 14.6. The van der Waals surface area contributed by atoms with Crippen molar-refractivity contribution in [2.45, 2.75) is 38.1 Å². The van der Waals surface area contributed by atoms with E-state index in [1.807, 2.05) is 4.57 Å². The quantitative estimate of drug-likeness (QED) is 0.567. The van der Waals surface area contributed by atoms with Crippen LogP contribution < -0.4 is 0 Å². The third-order valence-electron chi connectivity index (χ3n) is 4.96. The van der Waals surface area contributed by atoms with Gasteiger partial charge in [0.15, 0.2) is 4.73 Å². The average Bonchev–Trinajstić information content (AvgIpc) is 3.45. The van der Waals surface area contributed by atoms with Gasteiger partial charge >= 0.3 is 5.97 Å². The minimum Gasteiger partial charge on any atom is -0.469 e. The highest BCUT2D eigenvalue weighted by Crippen LogP contribution is 2.43. The van der Waals surface area contributed by atoms with Crippen LogP contribution in [0.3, 0.4) is 0 Å². The molecule has 0 amide bonds. The number of carbonyl (C=O) groups is 1. The molecule has 134 valence electrons. The van der Waals surface area contributed by atoms with E-state index in [1.165, 1.54) is 41.9 Å². The maximum Gasteiger partial charge on any atom is 0.305 e. The highest BCUT2D eigenvalue weighted by atomic mass is 79.9. The maximum atomic E-state index is 11.5. The topological polar surface area (TPSA) is 57.0 Å². The Balaban J connectivity index is 1.67. The van der Waals surface area contributed by atoms with E-state index >= 15 is 0 Å². The molecule has 6 heteroatoms. The Morgan fingerprint density at radius 3 is 2.69 bits per heavy atom. The number of aryl methyl sites for hydroxylation is 1. The van der Waals surface area contributed by atoms with E-state index < -0.39 is 0 Å². The molecule has 0 aliphatic heterocycles. The Bertz CT molecular complexity index is 963. The molecule has 0 bridgehead atoms. The molecular weight excluding hydrogens is 394 g/mol. The SMILES string of the molecule is COC(=O)CCc1nnc(Br)n1Cc1ccc(C2CC2)c2ccccc12. The van der Waals surface area contributed by atoms with Crippen molar-refractivity contribution < 1.29 is 9.53 Å². The number of hydrogen-bond acceptors (Lipinski definition) is 4. The normalized spacial score (nSPS) is 13.9. The largest absolute Gasteiger partial charge is 0.469 e. The van der Waals surface area contributed by atoms with Crippen molar-refractivity contribution >= 4 is 32.7 Å². The standard InChI is InChI=1S/C20H20BrN3O2/c1-26-19(25)11-10-18-22-23-20(21)24(18)12-14-8-9-16(13-6-7-13)17-5-3-2-4-15(14)17/h2-5,8-9,13H,6-7,10-12H2,1H3. The number of nitrogens with zero attached hydrogens (tertiary/aromatic N) is 3. The van der Waals surface area contributed by atoms with Crippen LogP contribution in [0.5, 0.6) is 0 Å². The minimum atomic E-state index is -0.241. The van der Waals surface area contributed by atoms with Crippen molar-refractivity contribution in [3.63, 3.8) is 0 Å². The van der Waals surface area contributed by atoms with Crippen LogP contribution in [0.25, 0.3) is 10.8 Å². The number of ether oxygens (including phenoxy) is 1. The van der Waals surface area contributed by atoms with Gasteiger partial charge in [0.2, 0.25) is 0 Å². The van der Waals surface area contributed by atoms with Crippen molar-refractivity contribution in [3.05, 3.63) is 58.1 Å². The van der Waals surface area contributed by atoms with Gasteiger partial charge in [-0.15, -0.1) is 10.2 Å². The summed E-state index contributed by atoms with van der Waals surface area (Å²) in [5.41, 5.74) is 2.68. The second kappa shape index (κ2) is 7.19. The second-order valence-electron chi connectivity index (χ2n) is 6.68. The Morgan fingerprint density at radius 1 is 1.19 bits per heavy atom. The number of methoxy groups -OCH3 is 1. The van der Waals surface area contributed by atoms with E-state index in [0.29, 0.717) is 30.0 Å². The number of benzene rings is 2. The lowest BCUT2D eigenvalue weighted by Gasteiger charge is -2.13. The summed E-state index contributed by atoms with van der Waals surface area (Å²) in [7, 11) is 1.40. The van der Waals surface area contributed by atoms with E-state index in [4.69, 9.17) is 4.74 Å². The number of carbonyl (C=O) groups excluding carboxylic acids is 1. The first-order chi connectivity index (χ1) is 12.7. The van der Waals surface area contributed by atoms with Gasteiger partial charge in [0.25, 0.3) is 0 Å². The molecule has 0 radical (unpaired) electrons. The first kappa shape index (κ1) is 17.2. The van der Waals surface area contributed by atoms with E-state index in [1.54, 1.807) is 0 Å². The van der Waals surface area contributed by atoms with Crippen LogP contribution >= 0.6 is 15.9 Å². The number of esters is 1. The van der Waals surface area contributed by atoms with Gasteiger partial charge in [0.05, 0.1) is 20.1 Å². The summed E-state index contributed by atoms with van der Waals surface area (Å²) < 4.78 is 7.42. The zero-order chi connectivity index (χ0) is 18.1. The van der Waals surface area contributed by atoms with Crippen LogP contribution in [0.1, 0.15) is 42.1 Å². The molecule has 26 heavy (non-hydrogen) atoms. The van der Waals surface area contributed by atoms with E-state index in [-0.39, 0.29) is 5.97 Å². The summed E-state index contributed by atoms with van der Waals surface area (Å²) in [6.07, 6.45) is 3.38. The van der Waals surface area contributed by atoms with Gasteiger partial charge in [-0.05, 0) is 56.6 Å². The van der Waals surface area contributed by atoms with Gasteiger partial charge in [0, 0.05) is 6.42 Å². The molecule has 3 aromatic rings. The first-order valence-corrected chi connectivity index (χ1v) is 9.61. The molecule has 1 fully saturated rings. The highest BCUT2D eigenvalue weighted by molar-refractivity contribution is 9.10. The summed E-state index contributed by atoms with van der Waals surface area (Å²) in [4.78, 5) is 11.5. The molecule has 1 aromatic heterocycles. The molecule has 5 nitrogen and oxygen atoms in total. The fourth-order valence-corrected chi connectivity index (χ4v) is 3.82. The zero-order valence-corrected chi connectivity index (χ0v) is 16.2. The number of aromatic nitrogens is 3. The Hall–Kier alpha value is -2.21. The van der Waals surface area contributed by atoms with Gasteiger partial charge in [0.1, 0.15) is 5.82 Å². The van der Waals surface area contributed by atoms with E-state index in [9.17, 15) is 4.79 Å². The molecule has 1 heterocycles. The molecule has 0 spiro atoms. The third kappa shape index (κ3) is 3.38. The fourth-order valence-electron chi connectivity index (χ4n) is 3.41. The van der Waals surface area contributed by atoms with Crippen LogP contribution in [-0.2, 0) is 22.5 Å². The fraction of sp³-hybridized carbons (Fsp3) is 0.350. The van der Waals surface area contributed by atoms with Crippen molar-refractivity contribution in [2.75, 3.05) is 7.11 Å². The monoisotopic (exact) mass is 413 g/mol. The summed E-state index contributed by atoms with van der Waals surface area (Å²) in [6, 6.07) is 13.1. The Morgan fingerprint density at radius 2 is 1.96 bits per heavy atom. The van der Waals surface area contributed by atoms with Crippen LogP contribution in [-0.4, -0.2) is 27.8 Å². The van der Waals surface area contributed by atoms with Crippen molar-refractivity contribution in [1.82, 2.24) is 14.8 Å². The lowest BCUT2D eigenvalue weighted by molar-refractivity contribution is -0.140. The lowest BCUT2D eigenvalue weighted by atomic mass is 9.97. The van der Waals surface area contributed by atoms with Crippen molar-refractivity contribution in [1.29, 1.82) is 0 Å². The van der Waals surface area contributed by atoms with Crippen LogP contribution in [0, 0.1) is 0 Å². The molecule has 0 atom stereocenters. The van der Waals surface area contributed by atoms with Crippen molar-refractivity contribution in [3.8, 4) is 0 Å². The lowest BCUT2D eigenvalue weighted by Crippen LogP contribution is -2.09. The summed E-state index contributed by atoms with van der Waals surface area (Å²) in [6.45, 7) is 0.662. The summed E-state index contributed by atoms with van der Waals surface area (Å²) >= 11 is 3.48. The molecule has 0 N–H and O–H groups in total. The summed E-state index contributed by atoms with van der Waals surface area (Å²) in [5, 5.41) is 11.0. The smallest absolute Gasteiger partial charge is 0.305 e. The molecule has 0 unspecified atom stereocenters. The second-order valence-corrected chi connectivity index (χ2v) is 7.39. The van der Waals surface area contributed by atoms with E-state index in [2.05, 4.69) is 62.5 Å². The van der Waals surface area contributed by atoms with Crippen molar-refractivity contribution in [2.24, 2.45) is 0 Å². The molecule has 1 aliphatic carbocycles. The van der Waals surface area contributed by atoms with Crippen LogP contribution in [0.15, 0.2) is 41.1 Å². The first-order valence-electron chi connectivity index (χ1n) is 8.82. The molecular formula is C20H20BrN3O2. The van der Waals surface area contributed by atoms with Crippen LogP contribution in [0.2, 0.25) is 0 Å². The third-order valence-corrected chi connectivity index (χ3v) is 5.54. The van der Waals surface area contributed by atoms with Gasteiger partial charge in [-0.3, -0.25) is 4.79 Å². The van der Waals surface area contributed by atoms with E-state index in [0.717, 1.165) is 5.82 Å². The molecule has 0 saturated heterocycles. The summed E-state index contributed by atoms with van der Waals surface area (Å²) in [5.74, 6) is 1.25. The predicted octanol–water partition coefficient (Wildman–Crippen LogP) is 4.23. The molecule has 1 aliphatic rings. The molecule has 2 aromatic carbocycles. The van der Waals surface area contributed by atoms with Gasteiger partial charge in [-0.25, -0.2) is 0 Å². The molecule has 4 rings (SSSR count). The molecule has 1 saturated carbocycles. The number of fused-ring (bicyclic) bond motifs is 1. The average molecular weight is 414 g/mol. The predicted molar refractivity (Wildman–Crippen MR) is 103 cm³/mol. The van der Waals surface area contributed by atoms with Gasteiger partial charge in [-0.1, -0.05) is 36.4 Å². The highest BCUT2D eigenvalue weighted by Gasteiger charge is 2.25. The Kier molecular flexibility index (Phi) is 4.76. The maximum absolute atomic E-state index is 11.5. The van der Waals surface area contributed by atoms with Gasteiger partial charge in [-0.2, -0.15) is 0 Å². The number of halogens is 1. The van der Waals surface area contributed by atoms with Crippen LogP contribution in [0.4, 0.5) is 0 Å². The number of hydrogen-bond donors (Lipinski definition) is 0. The number of rotatable bonds is 6. The minimum absolute atomic E-state index is 0.241. The van der Waals surface area contributed by atoms with Gasteiger partial charge < -0.3 is 9.30 Å².